The number of carbonyl (C=O) groups is 1. The van der Waals surface area contributed by atoms with E-state index in [1.54, 1.807) is 18.2 Å². The van der Waals surface area contributed by atoms with Gasteiger partial charge in [0.1, 0.15) is 5.82 Å². The van der Waals surface area contributed by atoms with Crippen molar-refractivity contribution in [2.75, 3.05) is 38.0 Å². The van der Waals surface area contributed by atoms with E-state index in [2.05, 4.69) is 15.1 Å². The molecule has 0 unspecified atom stereocenters. The van der Waals surface area contributed by atoms with Crippen LogP contribution in [0.5, 0.6) is 0 Å². The van der Waals surface area contributed by atoms with Crippen LogP contribution in [0.3, 0.4) is 0 Å². The van der Waals surface area contributed by atoms with Crippen LogP contribution in [0.2, 0.25) is 10.0 Å². The van der Waals surface area contributed by atoms with Gasteiger partial charge in [-0.1, -0.05) is 41.4 Å². The molecule has 3 rings (SSSR count). The summed E-state index contributed by atoms with van der Waals surface area (Å²) in [6.45, 7) is 4.54. The Morgan fingerprint density at radius 1 is 0.963 bits per heavy atom. The molecule has 1 fully saturated rings. The van der Waals surface area contributed by atoms with Gasteiger partial charge >= 0.3 is 0 Å². The van der Waals surface area contributed by atoms with Gasteiger partial charge in [-0.25, -0.2) is 4.39 Å². The number of nitrogens with zero attached hydrogens (tertiary/aromatic N) is 2. The second-order valence-electron chi connectivity index (χ2n) is 6.68. The highest BCUT2D eigenvalue weighted by molar-refractivity contribution is 6.39. The van der Waals surface area contributed by atoms with Crippen LogP contribution in [0, 0.1) is 5.82 Å². The van der Waals surface area contributed by atoms with Crippen molar-refractivity contribution in [1.29, 1.82) is 0 Å². The summed E-state index contributed by atoms with van der Waals surface area (Å²) in [6.07, 6.45) is 0.974. The Balaban J connectivity index is 1.50. The molecule has 0 radical (unpaired) electrons. The number of anilines is 1. The first-order valence-corrected chi connectivity index (χ1v) is 9.70. The largest absolute Gasteiger partial charge is 0.322 e. The van der Waals surface area contributed by atoms with E-state index in [0.29, 0.717) is 22.3 Å². The molecule has 0 saturated carbocycles. The molecule has 0 aliphatic carbocycles. The first-order valence-electron chi connectivity index (χ1n) is 8.94. The lowest BCUT2D eigenvalue weighted by atomic mass is 10.2. The molecule has 0 atom stereocenters. The first kappa shape index (κ1) is 20.1. The minimum atomic E-state index is -0.217. The lowest BCUT2D eigenvalue weighted by Crippen LogP contribution is -2.36. The van der Waals surface area contributed by atoms with E-state index in [1.165, 1.54) is 12.1 Å². The van der Waals surface area contributed by atoms with E-state index in [4.69, 9.17) is 23.2 Å². The van der Waals surface area contributed by atoms with Gasteiger partial charge in [-0.05, 0) is 49.3 Å². The predicted octanol–water partition coefficient (Wildman–Crippen LogP) is 4.28. The van der Waals surface area contributed by atoms with Gasteiger partial charge in [-0.3, -0.25) is 14.6 Å². The fourth-order valence-electron chi connectivity index (χ4n) is 3.19. The van der Waals surface area contributed by atoms with Gasteiger partial charge in [0.05, 0.1) is 22.3 Å². The van der Waals surface area contributed by atoms with Gasteiger partial charge < -0.3 is 5.32 Å². The van der Waals surface area contributed by atoms with Crippen LogP contribution in [0.25, 0.3) is 0 Å². The Kier molecular flexibility index (Phi) is 7.07. The molecule has 27 heavy (non-hydrogen) atoms. The van der Waals surface area contributed by atoms with E-state index in [0.717, 1.165) is 44.7 Å². The highest BCUT2D eigenvalue weighted by atomic mass is 35.5. The average Bonchev–Trinajstić information content (AvgIpc) is 2.85. The Bertz CT molecular complexity index is 765. The van der Waals surface area contributed by atoms with Crippen LogP contribution in [-0.4, -0.2) is 48.4 Å². The van der Waals surface area contributed by atoms with Gasteiger partial charge in [-0.15, -0.1) is 0 Å². The quantitative estimate of drug-likeness (QED) is 0.800. The third-order valence-electron chi connectivity index (χ3n) is 4.59. The number of para-hydroxylation sites is 1. The molecular weight excluding hydrogens is 388 g/mol. The molecule has 7 heteroatoms. The highest BCUT2D eigenvalue weighted by Crippen LogP contribution is 2.29. The average molecular weight is 410 g/mol. The molecule has 2 aromatic rings. The van der Waals surface area contributed by atoms with Gasteiger partial charge in [0, 0.05) is 19.6 Å². The second-order valence-corrected chi connectivity index (χ2v) is 7.49. The molecule has 0 bridgehead atoms. The van der Waals surface area contributed by atoms with Crippen molar-refractivity contribution in [3.63, 3.8) is 0 Å². The molecule has 1 aliphatic rings. The summed E-state index contributed by atoms with van der Waals surface area (Å²) in [6, 6.07) is 11.8. The smallest absolute Gasteiger partial charge is 0.238 e. The number of hydrogen-bond acceptors (Lipinski definition) is 3. The molecule has 1 amide bonds. The van der Waals surface area contributed by atoms with Crippen molar-refractivity contribution in [3.05, 3.63) is 63.9 Å². The van der Waals surface area contributed by atoms with Crippen LogP contribution in [0.15, 0.2) is 42.5 Å². The Labute approximate surface area is 168 Å². The van der Waals surface area contributed by atoms with Crippen molar-refractivity contribution >= 4 is 34.8 Å². The second kappa shape index (κ2) is 9.51. The zero-order chi connectivity index (χ0) is 19.2. The third kappa shape index (κ3) is 5.91. The third-order valence-corrected chi connectivity index (χ3v) is 5.22. The molecule has 2 aromatic carbocycles. The summed E-state index contributed by atoms with van der Waals surface area (Å²) in [5.74, 6) is -0.345. The normalized spacial score (nSPS) is 16.1. The summed E-state index contributed by atoms with van der Waals surface area (Å²) < 4.78 is 13.0. The number of nitrogens with one attached hydrogen (secondary N) is 1. The molecule has 144 valence electrons. The maximum absolute atomic E-state index is 13.0. The van der Waals surface area contributed by atoms with Crippen molar-refractivity contribution in [2.24, 2.45) is 0 Å². The molecular formula is C20H22Cl2FN3O. The lowest BCUT2D eigenvalue weighted by Gasteiger charge is -2.21. The first-order chi connectivity index (χ1) is 13.0. The van der Waals surface area contributed by atoms with E-state index in [-0.39, 0.29) is 11.7 Å². The van der Waals surface area contributed by atoms with Crippen LogP contribution in [0.4, 0.5) is 10.1 Å². The zero-order valence-electron chi connectivity index (χ0n) is 14.9. The number of halogens is 3. The molecule has 1 N–H and O–H groups in total. The number of carbonyl (C=O) groups excluding carboxylic acids is 1. The van der Waals surface area contributed by atoms with Gasteiger partial charge in [0.25, 0.3) is 0 Å². The van der Waals surface area contributed by atoms with E-state index < -0.39 is 0 Å². The van der Waals surface area contributed by atoms with Crippen LogP contribution in [0.1, 0.15) is 12.0 Å². The highest BCUT2D eigenvalue weighted by Gasteiger charge is 2.18. The van der Waals surface area contributed by atoms with Crippen LogP contribution in [-0.2, 0) is 11.3 Å². The Morgan fingerprint density at radius 3 is 2.30 bits per heavy atom. The van der Waals surface area contributed by atoms with Crippen molar-refractivity contribution in [1.82, 2.24) is 9.80 Å². The molecule has 1 heterocycles. The fraction of sp³-hybridized carbons (Fsp3) is 0.350. The maximum atomic E-state index is 13.0. The molecule has 1 saturated heterocycles. The van der Waals surface area contributed by atoms with E-state index in [9.17, 15) is 9.18 Å². The van der Waals surface area contributed by atoms with Crippen LogP contribution < -0.4 is 5.32 Å². The van der Waals surface area contributed by atoms with Gasteiger partial charge in [0.15, 0.2) is 0 Å². The van der Waals surface area contributed by atoms with Crippen molar-refractivity contribution in [2.45, 2.75) is 13.0 Å². The Morgan fingerprint density at radius 2 is 1.59 bits per heavy atom. The summed E-state index contributed by atoms with van der Waals surface area (Å²) in [5, 5.41) is 3.66. The fourth-order valence-corrected chi connectivity index (χ4v) is 3.68. The van der Waals surface area contributed by atoms with Crippen molar-refractivity contribution < 1.29 is 9.18 Å². The Hall–Kier alpha value is -1.66. The summed E-state index contributed by atoms with van der Waals surface area (Å²) in [5.41, 5.74) is 1.55. The number of benzene rings is 2. The minimum absolute atomic E-state index is 0.128. The minimum Gasteiger partial charge on any atom is -0.322 e. The van der Waals surface area contributed by atoms with E-state index >= 15 is 0 Å². The SMILES string of the molecule is O=C(CN1CCCN(Cc2ccc(F)cc2)CC1)Nc1c(Cl)cccc1Cl. The number of hydrogen-bond donors (Lipinski definition) is 1. The molecule has 0 spiro atoms. The van der Waals surface area contributed by atoms with Gasteiger partial charge in [0.2, 0.25) is 5.91 Å². The molecule has 1 aliphatic heterocycles. The summed E-state index contributed by atoms with van der Waals surface area (Å²) >= 11 is 12.2. The molecule has 4 nitrogen and oxygen atoms in total. The standard InChI is InChI=1S/C20H22Cl2FN3O/c21-17-3-1-4-18(22)20(17)24-19(27)14-26-10-2-9-25(11-12-26)13-15-5-7-16(23)8-6-15/h1,3-8H,2,9-14H2,(H,24,27). The maximum Gasteiger partial charge on any atom is 0.238 e. The monoisotopic (exact) mass is 409 g/mol. The van der Waals surface area contributed by atoms with Gasteiger partial charge in [-0.2, -0.15) is 0 Å². The predicted molar refractivity (Wildman–Crippen MR) is 108 cm³/mol. The topological polar surface area (TPSA) is 35.6 Å². The number of rotatable bonds is 5. The zero-order valence-corrected chi connectivity index (χ0v) is 16.4. The van der Waals surface area contributed by atoms with Crippen molar-refractivity contribution in [3.8, 4) is 0 Å². The summed E-state index contributed by atoms with van der Waals surface area (Å²) in [4.78, 5) is 16.8. The summed E-state index contributed by atoms with van der Waals surface area (Å²) in [7, 11) is 0. The molecule has 0 aromatic heterocycles. The van der Waals surface area contributed by atoms with Crippen LogP contribution >= 0.6 is 23.2 Å². The van der Waals surface area contributed by atoms with E-state index in [1.807, 2.05) is 12.1 Å². The lowest BCUT2D eigenvalue weighted by molar-refractivity contribution is -0.117. The number of amides is 1.